The lowest BCUT2D eigenvalue weighted by molar-refractivity contribution is 0.0551. The van der Waals surface area contributed by atoms with Crippen LogP contribution in [0.4, 0.5) is 0 Å². The van der Waals surface area contributed by atoms with E-state index in [0.29, 0.717) is 6.79 Å². The summed E-state index contributed by atoms with van der Waals surface area (Å²) in [5.74, 6) is 1.75. The number of carbonyl (C=O) groups is 1. The minimum absolute atomic E-state index is 0.0518. The Labute approximate surface area is 167 Å². The van der Waals surface area contributed by atoms with Gasteiger partial charge in [-0.3, -0.25) is 4.79 Å². The van der Waals surface area contributed by atoms with Crippen molar-refractivity contribution >= 4 is 27.5 Å². The third kappa shape index (κ3) is 3.22. The van der Waals surface area contributed by atoms with Crippen molar-refractivity contribution < 1.29 is 14.3 Å². The number of nitrogens with zero attached hydrogens (tertiary/aromatic N) is 2. The fourth-order valence-electron chi connectivity index (χ4n) is 4.35. The van der Waals surface area contributed by atoms with Crippen LogP contribution >= 0.6 is 11.3 Å². The zero-order valence-electron chi connectivity index (χ0n) is 15.8. The van der Waals surface area contributed by atoms with Gasteiger partial charge < -0.3 is 14.4 Å². The fourth-order valence-corrected chi connectivity index (χ4v) is 5.06. The van der Waals surface area contributed by atoms with E-state index < -0.39 is 0 Å². The van der Waals surface area contributed by atoms with E-state index in [1.807, 2.05) is 34.7 Å². The number of piperidine rings is 1. The van der Waals surface area contributed by atoms with Gasteiger partial charge in [0.05, 0.1) is 15.7 Å². The van der Waals surface area contributed by atoms with E-state index in [-0.39, 0.29) is 11.3 Å². The predicted molar refractivity (Wildman–Crippen MR) is 109 cm³/mol. The van der Waals surface area contributed by atoms with Gasteiger partial charge in [-0.05, 0) is 60.6 Å². The average Bonchev–Trinajstić information content (AvgIpc) is 3.35. The standard InChI is InChI=1S/C22H22N2O3S/c1-22(11-15-3-6-18-19(9-15)27-14-26-18)7-2-8-24(12-22)21(25)16-4-5-17-20(10-16)28-13-23-17/h3-6,9-10,13H,2,7-8,11-12,14H2,1H3/t22-/m0/s1. The second-order valence-electron chi connectivity index (χ2n) is 8.04. The zero-order chi connectivity index (χ0) is 19.1. The molecule has 144 valence electrons. The molecule has 2 aliphatic rings. The van der Waals surface area contributed by atoms with Crippen molar-refractivity contribution in [3.63, 3.8) is 0 Å². The highest BCUT2D eigenvalue weighted by molar-refractivity contribution is 7.16. The molecule has 3 aromatic rings. The first kappa shape index (κ1) is 17.5. The molecule has 2 aromatic carbocycles. The van der Waals surface area contributed by atoms with Crippen molar-refractivity contribution in [2.45, 2.75) is 26.2 Å². The molecule has 1 aromatic heterocycles. The molecule has 6 heteroatoms. The van der Waals surface area contributed by atoms with Crippen LogP contribution in [0.2, 0.25) is 0 Å². The SMILES string of the molecule is C[C@@]1(Cc2ccc3c(c2)OCO3)CCCN(C(=O)c2ccc3ncsc3c2)C1. The summed E-state index contributed by atoms with van der Waals surface area (Å²) in [6.45, 7) is 4.16. The molecule has 0 radical (unpaired) electrons. The molecular weight excluding hydrogens is 372 g/mol. The van der Waals surface area contributed by atoms with Crippen molar-refractivity contribution in [1.29, 1.82) is 0 Å². The Morgan fingerprint density at radius 1 is 1.21 bits per heavy atom. The fraction of sp³-hybridized carbons (Fsp3) is 0.364. The Balaban J connectivity index is 1.33. The molecule has 5 nitrogen and oxygen atoms in total. The average molecular weight is 394 g/mol. The molecule has 1 atom stereocenters. The lowest BCUT2D eigenvalue weighted by Crippen LogP contribution is -2.45. The van der Waals surface area contributed by atoms with Crippen LogP contribution in [0.3, 0.4) is 0 Å². The van der Waals surface area contributed by atoms with Crippen LogP contribution in [0.1, 0.15) is 35.7 Å². The molecule has 1 fully saturated rings. The summed E-state index contributed by atoms with van der Waals surface area (Å²) in [4.78, 5) is 19.4. The van der Waals surface area contributed by atoms with Crippen LogP contribution in [-0.4, -0.2) is 35.7 Å². The number of thiazole rings is 1. The molecule has 1 amide bonds. The number of benzene rings is 2. The number of hydrogen-bond donors (Lipinski definition) is 0. The van der Waals surface area contributed by atoms with Gasteiger partial charge in [0.2, 0.25) is 6.79 Å². The molecule has 0 N–H and O–H groups in total. The van der Waals surface area contributed by atoms with E-state index in [0.717, 1.165) is 59.6 Å². The van der Waals surface area contributed by atoms with E-state index in [2.05, 4.69) is 24.0 Å². The lowest BCUT2D eigenvalue weighted by Gasteiger charge is -2.41. The summed E-state index contributed by atoms with van der Waals surface area (Å²) in [5.41, 5.74) is 4.81. The van der Waals surface area contributed by atoms with Gasteiger partial charge in [0.1, 0.15) is 0 Å². The van der Waals surface area contributed by atoms with Crippen LogP contribution in [0.15, 0.2) is 41.9 Å². The van der Waals surface area contributed by atoms with Gasteiger partial charge in [-0.2, -0.15) is 0 Å². The maximum Gasteiger partial charge on any atom is 0.253 e. The molecule has 0 saturated carbocycles. The summed E-state index contributed by atoms with van der Waals surface area (Å²) in [6, 6.07) is 12.0. The summed E-state index contributed by atoms with van der Waals surface area (Å²) < 4.78 is 12.0. The molecule has 2 aliphatic heterocycles. The number of hydrogen-bond acceptors (Lipinski definition) is 5. The number of likely N-dealkylation sites (tertiary alicyclic amines) is 1. The Morgan fingerprint density at radius 2 is 2.11 bits per heavy atom. The van der Waals surface area contributed by atoms with Gasteiger partial charge in [0, 0.05) is 18.7 Å². The molecular formula is C22H22N2O3S. The second kappa shape index (κ2) is 6.78. The van der Waals surface area contributed by atoms with Gasteiger partial charge in [0.25, 0.3) is 5.91 Å². The van der Waals surface area contributed by atoms with Crippen molar-refractivity contribution in [3.8, 4) is 11.5 Å². The van der Waals surface area contributed by atoms with E-state index in [1.54, 1.807) is 11.3 Å². The Morgan fingerprint density at radius 3 is 3.04 bits per heavy atom. The summed E-state index contributed by atoms with van der Waals surface area (Å²) in [6.07, 6.45) is 3.05. The first-order valence-electron chi connectivity index (χ1n) is 9.61. The van der Waals surface area contributed by atoms with Crippen LogP contribution in [0.25, 0.3) is 10.2 Å². The molecule has 0 bridgehead atoms. The molecule has 3 heterocycles. The highest BCUT2D eigenvalue weighted by Gasteiger charge is 2.34. The second-order valence-corrected chi connectivity index (χ2v) is 8.93. The number of carbonyl (C=O) groups excluding carboxylic acids is 1. The highest BCUT2D eigenvalue weighted by Crippen LogP contribution is 2.38. The van der Waals surface area contributed by atoms with Crippen LogP contribution < -0.4 is 9.47 Å². The van der Waals surface area contributed by atoms with Gasteiger partial charge in [-0.1, -0.05) is 13.0 Å². The minimum atomic E-state index is 0.0518. The smallest absolute Gasteiger partial charge is 0.253 e. The number of rotatable bonds is 3. The van der Waals surface area contributed by atoms with Crippen LogP contribution in [0.5, 0.6) is 11.5 Å². The largest absolute Gasteiger partial charge is 0.454 e. The molecule has 1 saturated heterocycles. The molecule has 28 heavy (non-hydrogen) atoms. The van der Waals surface area contributed by atoms with Gasteiger partial charge in [-0.15, -0.1) is 11.3 Å². The predicted octanol–water partition coefficient (Wildman–Crippen LogP) is 4.51. The van der Waals surface area contributed by atoms with E-state index in [9.17, 15) is 4.79 Å². The minimum Gasteiger partial charge on any atom is -0.454 e. The summed E-state index contributed by atoms with van der Waals surface area (Å²) in [7, 11) is 0. The quantitative estimate of drug-likeness (QED) is 0.656. The van der Waals surface area contributed by atoms with Gasteiger partial charge >= 0.3 is 0 Å². The third-order valence-electron chi connectivity index (χ3n) is 5.71. The molecule has 5 rings (SSSR count). The first-order valence-corrected chi connectivity index (χ1v) is 10.5. The van der Waals surface area contributed by atoms with Crippen molar-refractivity contribution in [2.24, 2.45) is 5.41 Å². The number of amides is 1. The third-order valence-corrected chi connectivity index (χ3v) is 6.51. The Hall–Kier alpha value is -2.60. The van der Waals surface area contributed by atoms with Crippen molar-refractivity contribution in [2.75, 3.05) is 19.9 Å². The van der Waals surface area contributed by atoms with Crippen molar-refractivity contribution in [1.82, 2.24) is 9.88 Å². The van der Waals surface area contributed by atoms with Crippen LogP contribution in [-0.2, 0) is 6.42 Å². The first-order chi connectivity index (χ1) is 13.6. The van der Waals surface area contributed by atoms with Gasteiger partial charge in [-0.25, -0.2) is 4.98 Å². The number of ether oxygens (including phenoxy) is 2. The van der Waals surface area contributed by atoms with Gasteiger partial charge in [0.15, 0.2) is 11.5 Å². The molecule has 0 spiro atoms. The van der Waals surface area contributed by atoms with E-state index in [4.69, 9.17) is 9.47 Å². The molecule has 0 unspecified atom stereocenters. The Bertz CT molecular complexity index is 1050. The molecule has 0 aliphatic carbocycles. The maximum absolute atomic E-state index is 13.1. The monoisotopic (exact) mass is 394 g/mol. The highest BCUT2D eigenvalue weighted by atomic mass is 32.1. The number of fused-ring (bicyclic) bond motifs is 2. The zero-order valence-corrected chi connectivity index (χ0v) is 16.6. The summed E-state index contributed by atoms with van der Waals surface area (Å²) in [5, 5.41) is 0. The number of aromatic nitrogens is 1. The van der Waals surface area contributed by atoms with Crippen molar-refractivity contribution in [3.05, 3.63) is 53.0 Å². The summed E-state index contributed by atoms with van der Waals surface area (Å²) >= 11 is 1.57. The Kier molecular flexibility index (Phi) is 4.23. The lowest BCUT2D eigenvalue weighted by atomic mass is 9.76. The van der Waals surface area contributed by atoms with E-state index >= 15 is 0 Å². The normalized spacial score (nSPS) is 21.2. The van der Waals surface area contributed by atoms with E-state index in [1.165, 1.54) is 5.56 Å². The topological polar surface area (TPSA) is 51.7 Å². The van der Waals surface area contributed by atoms with Crippen LogP contribution in [0, 0.1) is 5.41 Å². The maximum atomic E-state index is 13.1.